The van der Waals surface area contributed by atoms with E-state index in [9.17, 15) is 33.0 Å². The van der Waals surface area contributed by atoms with Crippen LogP contribution in [-0.2, 0) is 11.0 Å². The van der Waals surface area contributed by atoms with Crippen molar-refractivity contribution in [1.29, 1.82) is 0 Å². The van der Waals surface area contributed by atoms with Crippen molar-refractivity contribution in [3.8, 4) is 11.5 Å². The summed E-state index contributed by atoms with van der Waals surface area (Å²) in [7, 11) is 0. The van der Waals surface area contributed by atoms with Gasteiger partial charge in [-0.3, -0.25) is 9.59 Å². The smallest absolute Gasteiger partial charge is 0.431 e. The average molecular weight is 546 g/mol. The van der Waals surface area contributed by atoms with E-state index < -0.39 is 41.7 Å². The molecule has 1 saturated heterocycles. The molecule has 2 unspecified atom stereocenters. The van der Waals surface area contributed by atoms with Gasteiger partial charge >= 0.3 is 6.18 Å². The zero-order chi connectivity index (χ0) is 27.7. The predicted molar refractivity (Wildman–Crippen MR) is 133 cm³/mol. The molecule has 39 heavy (non-hydrogen) atoms. The Morgan fingerprint density at radius 3 is 2.23 bits per heavy atom. The summed E-state index contributed by atoms with van der Waals surface area (Å²) in [6.45, 7) is 1.88. The van der Waals surface area contributed by atoms with Crippen molar-refractivity contribution in [2.45, 2.75) is 31.2 Å². The van der Waals surface area contributed by atoms with Gasteiger partial charge in [0.1, 0.15) is 5.82 Å². The van der Waals surface area contributed by atoms with E-state index in [1.165, 1.54) is 24.4 Å². The molecule has 1 saturated carbocycles. The van der Waals surface area contributed by atoms with Gasteiger partial charge in [0.15, 0.2) is 5.69 Å². The molecular formula is C26H26F3N5O5. The number of alkyl halides is 3. The number of benzene rings is 1. The van der Waals surface area contributed by atoms with E-state index in [-0.39, 0.29) is 30.3 Å². The monoisotopic (exact) mass is 545 g/mol. The lowest BCUT2D eigenvalue weighted by Crippen LogP contribution is -2.50. The van der Waals surface area contributed by atoms with Crippen molar-refractivity contribution >= 4 is 23.3 Å². The Morgan fingerprint density at radius 1 is 0.974 bits per heavy atom. The molecule has 2 aliphatic rings. The lowest BCUT2D eigenvalue weighted by atomic mass is 10.1. The maximum Gasteiger partial charge on any atom is 0.452 e. The third kappa shape index (κ3) is 5.73. The molecule has 2 aromatic heterocycles. The molecule has 206 valence electrons. The van der Waals surface area contributed by atoms with Crippen LogP contribution in [0.1, 0.15) is 29.1 Å². The highest BCUT2D eigenvalue weighted by atomic mass is 19.4. The molecule has 2 fully saturated rings. The van der Waals surface area contributed by atoms with E-state index in [2.05, 4.69) is 15.3 Å². The van der Waals surface area contributed by atoms with Crippen LogP contribution in [0.2, 0.25) is 0 Å². The number of nitrogens with one attached hydrogen (secondary N) is 1. The van der Waals surface area contributed by atoms with Crippen LogP contribution < -0.4 is 10.2 Å². The second kappa shape index (κ2) is 10.7. The van der Waals surface area contributed by atoms with E-state index in [0.717, 1.165) is 0 Å². The first-order valence-corrected chi connectivity index (χ1v) is 12.4. The fourth-order valence-corrected chi connectivity index (χ4v) is 4.82. The second-order valence-electron chi connectivity index (χ2n) is 9.54. The topological polar surface area (TPSA) is 132 Å². The average Bonchev–Trinajstić information content (AvgIpc) is 3.53. The number of carbonyl (C=O) groups is 2. The predicted octanol–water partition coefficient (Wildman–Crippen LogP) is 2.79. The first kappa shape index (κ1) is 26.6. The number of anilines is 2. The molecular weight excluding hydrogens is 519 g/mol. The summed E-state index contributed by atoms with van der Waals surface area (Å²) < 4.78 is 45.6. The second-order valence-corrected chi connectivity index (χ2v) is 9.54. The molecule has 1 aliphatic carbocycles. The van der Waals surface area contributed by atoms with Gasteiger partial charge in [0.25, 0.3) is 5.91 Å². The fraction of sp³-hybridized carbons (Fsp3) is 0.385. The first-order valence-electron chi connectivity index (χ1n) is 12.4. The Morgan fingerprint density at radius 2 is 1.64 bits per heavy atom. The minimum Gasteiger partial charge on any atom is -0.431 e. The quantitative estimate of drug-likeness (QED) is 0.446. The Kier molecular flexibility index (Phi) is 7.28. The molecule has 3 aromatic rings. The van der Waals surface area contributed by atoms with Crippen LogP contribution in [0, 0.1) is 5.92 Å². The third-order valence-electron chi connectivity index (χ3n) is 6.89. The molecule has 1 aliphatic heterocycles. The molecule has 0 spiro atoms. The van der Waals surface area contributed by atoms with Crippen molar-refractivity contribution in [3.05, 3.63) is 60.1 Å². The molecule has 2 amide bonds. The normalized spacial score (nSPS) is 21.7. The molecule has 13 heteroatoms. The summed E-state index contributed by atoms with van der Waals surface area (Å²) in [5, 5.41) is 21.8. The van der Waals surface area contributed by atoms with Gasteiger partial charge in [-0.25, -0.2) is 9.97 Å². The van der Waals surface area contributed by atoms with Gasteiger partial charge < -0.3 is 29.7 Å². The Labute approximate surface area is 221 Å². The van der Waals surface area contributed by atoms with Crippen molar-refractivity contribution in [2.75, 3.05) is 36.4 Å². The van der Waals surface area contributed by atoms with E-state index in [1.807, 2.05) is 4.90 Å². The van der Waals surface area contributed by atoms with Crippen LogP contribution in [0.5, 0.6) is 0 Å². The van der Waals surface area contributed by atoms with Crippen LogP contribution >= 0.6 is 0 Å². The molecule has 10 nitrogen and oxygen atoms in total. The number of nitrogens with zero attached hydrogens (tertiary/aromatic N) is 4. The lowest BCUT2D eigenvalue weighted by molar-refractivity contribution is -0.153. The molecule has 5 rings (SSSR count). The first-order chi connectivity index (χ1) is 18.6. The summed E-state index contributed by atoms with van der Waals surface area (Å²) in [4.78, 5) is 37.2. The largest absolute Gasteiger partial charge is 0.452 e. The number of oxazole rings is 1. The van der Waals surface area contributed by atoms with Gasteiger partial charge in [-0.1, -0.05) is 18.2 Å². The minimum atomic E-state index is -4.92. The summed E-state index contributed by atoms with van der Waals surface area (Å²) >= 11 is 0. The van der Waals surface area contributed by atoms with Crippen LogP contribution in [0.25, 0.3) is 11.5 Å². The summed E-state index contributed by atoms with van der Waals surface area (Å²) in [5.41, 5.74) is -0.407. The number of piperazine rings is 1. The highest BCUT2D eigenvalue weighted by molar-refractivity contribution is 6.04. The zero-order valence-electron chi connectivity index (χ0n) is 20.6. The number of hydrogen-bond acceptors (Lipinski definition) is 8. The summed E-state index contributed by atoms with van der Waals surface area (Å²) in [6, 6.07) is 11.1. The van der Waals surface area contributed by atoms with Gasteiger partial charge in [0.2, 0.25) is 17.6 Å². The van der Waals surface area contributed by atoms with Crippen LogP contribution in [0.3, 0.4) is 0 Å². The van der Waals surface area contributed by atoms with Crippen molar-refractivity contribution < 1.29 is 37.4 Å². The number of amides is 2. The molecule has 1 aromatic carbocycles. The molecule has 3 N–H and O–H groups in total. The number of carbonyl (C=O) groups excluding carboxylic acids is 2. The number of aromatic nitrogens is 2. The fourth-order valence-electron chi connectivity index (χ4n) is 4.82. The maximum absolute atomic E-state index is 13.6. The standard InChI is InChI=1S/C26H26F3N5O5/c27-26(28,29)22-21(32-24(39-22)15-4-2-1-3-5-15)23(37)31-17-6-7-20(30-14-17)33-8-10-34(11-9-33)25(38)16-12-18(35)19(36)13-16/h1-7,14,16,18-19,35-36H,8-13H2,(H,31,37). The Bertz CT molecular complexity index is 1310. The van der Waals surface area contributed by atoms with Gasteiger partial charge in [-0.05, 0) is 37.1 Å². The van der Waals surface area contributed by atoms with Crippen LogP contribution in [-0.4, -0.2) is 75.3 Å². The summed E-state index contributed by atoms with van der Waals surface area (Å²) in [5.74, 6) is -2.80. The molecule has 0 bridgehead atoms. The molecule has 3 heterocycles. The highest BCUT2D eigenvalue weighted by Crippen LogP contribution is 2.35. The van der Waals surface area contributed by atoms with Gasteiger partial charge in [-0.2, -0.15) is 13.2 Å². The van der Waals surface area contributed by atoms with E-state index >= 15 is 0 Å². The molecule has 0 radical (unpaired) electrons. The number of halogens is 3. The Balaban J connectivity index is 1.21. The summed E-state index contributed by atoms with van der Waals surface area (Å²) in [6.07, 6.45) is -4.84. The highest BCUT2D eigenvalue weighted by Gasteiger charge is 2.42. The number of hydrogen-bond donors (Lipinski definition) is 3. The van der Waals surface area contributed by atoms with Gasteiger partial charge in [0.05, 0.1) is 24.1 Å². The number of aliphatic hydroxyl groups is 2. The van der Waals surface area contributed by atoms with Crippen LogP contribution in [0.15, 0.2) is 53.1 Å². The Hall–Kier alpha value is -3.97. The van der Waals surface area contributed by atoms with E-state index in [4.69, 9.17) is 4.42 Å². The third-order valence-corrected chi connectivity index (χ3v) is 6.89. The number of rotatable bonds is 5. The zero-order valence-corrected chi connectivity index (χ0v) is 20.6. The van der Waals surface area contributed by atoms with Crippen molar-refractivity contribution in [3.63, 3.8) is 0 Å². The van der Waals surface area contributed by atoms with E-state index in [1.54, 1.807) is 29.2 Å². The SMILES string of the molecule is O=C(Nc1ccc(N2CCN(C(=O)C3CC(O)C(O)C3)CC2)nc1)c1nc(-c2ccccc2)oc1C(F)(F)F. The van der Waals surface area contributed by atoms with Gasteiger partial charge in [-0.15, -0.1) is 0 Å². The maximum atomic E-state index is 13.6. The lowest BCUT2D eigenvalue weighted by Gasteiger charge is -2.36. The van der Waals surface area contributed by atoms with Crippen LogP contribution in [0.4, 0.5) is 24.7 Å². The van der Waals surface area contributed by atoms with Gasteiger partial charge in [0, 0.05) is 37.7 Å². The number of pyridine rings is 1. The van der Waals surface area contributed by atoms with E-state index in [0.29, 0.717) is 37.6 Å². The molecule has 2 atom stereocenters. The minimum absolute atomic E-state index is 0.0854. The van der Waals surface area contributed by atoms with Crippen molar-refractivity contribution in [1.82, 2.24) is 14.9 Å². The number of aliphatic hydroxyl groups excluding tert-OH is 2. The van der Waals surface area contributed by atoms with Crippen molar-refractivity contribution in [2.24, 2.45) is 5.92 Å².